The number of piperazine rings is 1. The van der Waals surface area contributed by atoms with E-state index < -0.39 is 23.6 Å². The quantitative estimate of drug-likeness (QED) is 0.0358. The van der Waals surface area contributed by atoms with Crippen LogP contribution < -0.4 is 25.0 Å². The number of aliphatic hydroxyl groups is 1. The SMILES string of the molecule is CC1CCCN1C=O.CO[C@@H](C)COc1nc(N2CC3CC2CN3)c2cc(C(F)(F)F)c(-c3c(C)c(F)cc4[nH]ncc34)c(OCc3ccc(-c4cn(C(C)C(C)C)nn4)cc3)c2n1.O=CNC(CO)c1ccc(-c2cccnc2Cl)cc1. The molecule has 0 spiro atoms. The van der Waals surface area contributed by atoms with Gasteiger partial charge in [0.15, 0.2) is 5.75 Å². The molecule has 5 unspecified atom stereocenters. The lowest BCUT2D eigenvalue weighted by molar-refractivity contribution is -0.137. The van der Waals surface area contributed by atoms with Crippen molar-refractivity contribution >= 4 is 52.0 Å². The number of methoxy groups -OCH3 is 1. The van der Waals surface area contributed by atoms with Gasteiger partial charge in [0, 0.05) is 84.1 Å². The van der Waals surface area contributed by atoms with Crippen molar-refractivity contribution in [1.29, 1.82) is 0 Å². The first kappa shape index (κ1) is 59.8. The van der Waals surface area contributed by atoms with E-state index in [-0.39, 0.29) is 88.9 Å². The molecule has 3 fully saturated rings. The molecule has 3 aliphatic heterocycles. The minimum Gasteiger partial charge on any atom is -0.486 e. The number of alkyl halides is 3. The highest BCUT2D eigenvalue weighted by atomic mass is 35.5. The van der Waals surface area contributed by atoms with Crippen molar-refractivity contribution in [2.75, 3.05) is 44.9 Å². The number of rotatable bonds is 18. The summed E-state index contributed by atoms with van der Waals surface area (Å²) in [5.74, 6) is -0.217. The minimum atomic E-state index is -4.89. The average Bonchev–Trinajstić information content (AvgIpc) is 3.42. The molecule has 23 heteroatoms. The van der Waals surface area contributed by atoms with Gasteiger partial charge in [0.1, 0.15) is 41.2 Å². The summed E-state index contributed by atoms with van der Waals surface area (Å²) in [5, 5.41) is 31.5. The smallest absolute Gasteiger partial charge is 0.417 e. The number of anilines is 1. The van der Waals surface area contributed by atoms with Gasteiger partial charge in [-0.2, -0.15) is 28.2 Å². The molecule has 7 heterocycles. The third-order valence-corrected chi connectivity index (χ3v) is 16.0. The molecule has 8 aromatic rings. The van der Waals surface area contributed by atoms with Crippen molar-refractivity contribution in [3.05, 3.63) is 125 Å². The van der Waals surface area contributed by atoms with E-state index >= 15 is 17.6 Å². The number of nitrogens with one attached hydrogen (secondary N) is 3. The number of hydrogen-bond donors (Lipinski definition) is 4. The molecule has 2 bridgehead atoms. The van der Waals surface area contributed by atoms with Gasteiger partial charge in [0.25, 0.3) is 0 Å². The van der Waals surface area contributed by atoms with Crippen LogP contribution in [0.3, 0.4) is 0 Å². The fourth-order valence-corrected chi connectivity index (χ4v) is 10.7. The first-order valence-corrected chi connectivity index (χ1v) is 27.9. The molecular weight excluding hydrogens is 1100 g/mol. The van der Waals surface area contributed by atoms with E-state index in [2.05, 4.69) is 63.8 Å². The van der Waals surface area contributed by atoms with Gasteiger partial charge in [0.2, 0.25) is 12.8 Å². The Morgan fingerprint density at radius 2 is 1.73 bits per heavy atom. The van der Waals surface area contributed by atoms with E-state index in [0.717, 1.165) is 47.7 Å². The number of aromatic amines is 1. The zero-order chi connectivity index (χ0) is 59.1. The molecule has 0 radical (unpaired) electrons. The fourth-order valence-electron chi connectivity index (χ4n) is 10.4. The molecule has 18 nitrogen and oxygen atoms in total. The van der Waals surface area contributed by atoms with Crippen LogP contribution in [0.2, 0.25) is 5.15 Å². The van der Waals surface area contributed by atoms with Gasteiger partial charge in [-0.1, -0.05) is 79.2 Å². The molecule has 3 saturated heterocycles. The Morgan fingerprint density at radius 3 is 2.35 bits per heavy atom. The normalized spacial score (nSPS) is 17.7. The number of ether oxygens (including phenoxy) is 3. The number of aliphatic hydroxyl groups excluding tert-OH is 1. The second-order valence-electron chi connectivity index (χ2n) is 21.4. The van der Waals surface area contributed by atoms with Crippen LogP contribution in [0.1, 0.15) is 88.2 Å². The molecular formula is C60H67ClF4N12O6. The van der Waals surface area contributed by atoms with Crippen LogP contribution in [0.4, 0.5) is 23.4 Å². The van der Waals surface area contributed by atoms with E-state index in [0.29, 0.717) is 59.1 Å². The Morgan fingerprint density at radius 1 is 0.976 bits per heavy atom. The van der Waals surface area contributed by atoms with Gasteiger partial charge < -0.3 is 39.8 Å². The van der Waals surface area contributed by atoms with Crippen LogP contribution in [0, 0.1) is 18.7 Å². The Balaban J connectivity index is 0.000000250. The topological polar surface area (TPSA) is 211 Å². The van der Waals surface area contributed by atoms with Gasteiger partial charge in [-0.15, -0.1) is 5.10 Å². The molecule has 438 valence electrons. The van der Waals surface area contributed by atoms with Gasteiger partial charge in [-0.05, 0) is 99.4 Å². The number of benzene rings is 4. The number of hydrogen-bond acceptors (Lipinski definition) is 14. The van der Waals surface area contributed by atoms with Crippen molar-refractivity contribution in [2.24, 2.45) is 5.92 Å². The number of fused-ring (bicyclic) bond motifs is 4. The van der Waals surface area contributed by atoms with E-state index in [1.54, 1.807) is 13.3 Å². The highest BCUT2D eigenvalue weighted by molar-refractivity contribution is 6.32. The highest BCUT2D eigenvalue weighted by Gasteiger charge is 2.42. The number of amides is 2. The number of carbonyl (C=O) groups excluding carboxylic acids is 2. The van der Waals surface area contributed by atoms with Crippen LogP contribution in [0.5, 0.6) is 11.8 Å². The standard InChI is InChI=1S/C40H43F4N9O3.C14H13ClN2O2.C6H11NO/c1-20(2)23(5)53-17-33(50-51-53)25-9-7-24(8-10-25)19-55-37-35(34-22(4)31(41)13-32-29(34)15-46-49-32)30(40(42,43)44)12-28-36(37)47-39(56-18-21(3)54-6)48-38(28)52-16-26-11-27(52)14-45-26;15-14-12(2-1-7-16-14)10-3-5-11(6-4-10)13(8-18)17-9-19;1-6-3-2-4-7(6)5-8/h7-10,12-13,15,17,20-21,23,26-27,45H,11,14,16,18-19H2,1-6H3,(H,46,49);1-7,9,13,18H,8H2,(H,17,19);5-6H,2-4H2,1H3/t21-,23?,26?,27?;;/m0../s1. The maximum Gasteiger partial charge on any atom is 0.417 e. The van der Waals surface area contributed by atoms with Gasteiger partial charge in [0.05, 0.1) is 48.3 Å². The molecule has 4 N–H and O–H groups in total. The monoisotopic (exact) mass is 1160 g/mol. The van der Waals surface area contributed by atoms with Gasteiger partial charge in [-0.25, -0.2) is 14.1 Å². The number of halogens is 5. The molecule has 6 atom stereocenters. The highest BCUT2D eigenvalue weighted by Crippen LogP contribution is 2.51. The third-order valence-electron chi connectivity index (χ3n) is 15.7. The summed E-state index contributed by atoms with van der Waals surface area (Å²) in [6.07, 6.45) is 4.40. The van der Waals surface area contributed by atoms with E-state index in [9.17, 15) is 14.7 Å². The summed E-state index contributed by atoms with van der Waals surface area (Å²) in [6.45, 7) is 13.6. The summed E-state index contributed by atoms with van der Waals surface area (Å²) >= 11 is 6.03. The zero-order valence-electron chi connectivity index (χ0n) is 47.1. The number of H-pyrrole nitrogens is 1. The Kier molecular flexibility index (Phi) is 18.9. The summed E-state index contributed by atoms with van der Waals surface area (Å²) in [6, 6.07) is 21.2. The van der Waals surface area contributed by atoms with Crippen LogP contribution in [-0.4, -0.2) is 127 Å². The second kappa shape index (κ2) is 26.2. The number of nitrogens with zero attached hydrogens (tertiary/aromatic N) is 9. The lowest BCUT2D eigenvalue weighted by Crippen LogP contribution is -2.44. The third kappa shape index (κ3) is 13.4. The molecule has 0 saturated carbocycles. The maximum absolute atomic E-state index is 15.6. The van der Waals surface area contributed by atoms with Crippen LogP contribution in [-0.2, 0) is 27.1 Å². The van der Waals surface area contributed by atoms with Gasteiger partial charge >= 0.3 is 12.2 Å². The molecule has 2 amide bonds. The Hall–Kier alpha value is -7.79. The van der Waals surface area contributed by atoms with E-state index in [4.69, 9.17) is 35.8 Å². The number of aromatic nitrogens is 8. The van der Waals surface area contributed by atoms with Crippen LogP contribution in [0.15, 0.2) is 91.4 Å². The first-order valence-electron chi connectivity index (χ1n) is 27.5. The predicted molar refractivity (Wildman–Crippen MR) is 308 cm³/mol. The van der Waals surface area contributed by atoms with E-state index in [1.807, 2.05) is 88.3 Å². The summed E-state index contributed by atoms with van der Waals surface area (Å²) in [4.78, 5) is 37.9. The molecule has 3 aliphatic rings. The van der Waals surface area contributed by atoms with Crippen LogP contribution >= 0.6 is 11.6 Å². The Labute approximate surface area is 482 Å². The van der Waals surface area contributed by atoms with Crippen molar-refractivity contribution in [1.82, 2.24) is 55.7 Å². The van der Waals surface area contributed by atoms with Crippen molar-refractivity contribution < 1.29 is 46.5 Å². The molecule has 0 aliphatic carbocycles. The largest absolute Gasteiger partial charge is 0.486 e. The van der Waals surface area contributed by atoms with Crippen molar-refractivity contribution in [3.8, 4) is 45.3 Å². The van der Waals surface area contributed by atoms with E-state index in [1.165, 1.54) is 32.0 Å². The number of likely N-dealkylation sites (tertiary alicyclic amines) is 1. The molecule has 4 aromatic carbocycles. The first-order chi connectivity index (χ1) is 39.9. The molecule has 11 rings (SSSR count). The predicted octanol–water partition coefficient (Wildman–Crippen LogP) is 10.5. The number of carbonyl (C=O) groups is 2. The molecule has 83 heavy (non-hydrogen) atoms. The fraction of sp³-hybridized carbons (Fsp3) is 0.400. The van der Waals surface area contributed by atoms with Crippen LogP contribution in [0.25, 0.3) is 55.3 Å². The van der Waals surface area contributed by atoms with Gasteiger partial charge in [-0.3, -0.25) is 14.7 Å². The summed E-state index contributed by atoms with van der Waals surface area (Å²) in [5.41, 5.74) is 3.74. The summed E-state index contributed by atoms with van der Waals surface area (Å²) in [7, 11) is 1.55. The lowest BCUT2D eigenvalue weighted by Gasteiger charge is -2.30. The average molecular weight is 1160 g/mol. The second-order valence-corrected chi connectivity index (χ2v) is 21.8. The lowest BCUT2D eigenvalue weighted by atomic mass is 9.90. The maximum atomic E-state index is 15.6. The molecule has 4 aromatic heterocycles. The minimum absolute atomic E-state index is 0.000356. The Bertz CT molecular complexity index is 3530. The van der Waals surface area contributed by atoms with Crippen molar-refractivity contribution in [3.63, 3.8) is 0 Å². The zero-order valence-corrected chi connectivity index (χ0v) is 47.9. The van der Waals surface area contributed by atoms with Crippen molar-refractivity contribution in [2.45, 2.75) is 110 Å². The summed E-state index contributed by atoms with van der Waals surface area (Å²) < 4.78 is 82.1. The number of pyridine rings is 1.